The number of alkyl halides is 1. The van der Waals surface area contributed by atoms with Crippen LogP contribution in [0, 0.1) is 0 Å². The normalized spacial score (nSPS) is 12.0. The molecule has 0 aliphatic rings. The van der Waals surface area contributed by atoms with E-state index < -0.39 is 36.5 Å². The molecule has 0 aromatic rings. The molecule has 0 fully saturated rings. The Bertz CT molecular complexity index is 468. The molecule has 29 heavy (non-hydrogen) atoms. The first kappa shape index (κ1) is 27.9. The van der Waals surface area contributed by atoms with E-state index in [-0.39, 0.29) is 13.1 Å². The molecule has 2 N–H and O–H groups in total. The molecule has 0 rings (SSSR count). The second-order valence-corrected chi connectivity index (χ2v) is 12.0. The third kappa shape index (κ3) is 9.04. The van der Waals surface area contributed by atoms with Crippen LogP contribution in [-0.2, 0) is 26.6 Å². The molecule has 4 amide bonds. The Kier molecular flexibility index (Phi) is 14.2. The fourth-order valence-corrected chi connectivity index (χ4v) is 6.04. The molecule has 172 valence electrons. The van der Waals surface area contributed by atoms with E-state index in [0.29, 0.717) is 24.9 Å². The maximum Gasteiger partial charge on any atom is 0.500 e. The summed E-state index contributed by atoms with van der Waals surface area (Å²) in [6, 6.07) is -0.613. The lowest BCUT2D eigenvalue weighted by atomic mass is 10.4. The van der Waals surface area contributed by atoms with Crippen LogP contribution in [-0.4, -0.2) is 97.1 Å². The Morgan fingerprint density at radius 1 is 0.759 bits per heavy atom. The molecule has 0 spiro atoms. The van der Waals surface area contributed by atoms with E-state index in [1.807, 2.05) is 5.32 Å². The number of urea groups is 2. The zero-order valence-corrected chi connectivity index (χ0v) is 20.0. The zero-order valence-electron chi connectivity index (χ0n) is 18.0. The molecule has 0 atom stereocenters. The maximum atomic E-state index is 12.5. The van der Waals surface area contributed by atoms with Crippen LogP contribution in [0.2, 0.25) is 12.1 Å². The minimum absolute atomic E-state index is 0.0371. The zero-order chi connectivity index (χ0) is 22.3. The van der Waals surface area contributed by atoms with Crippen LogP contribution >= 0.6 is 0 Å². The minimum atomic E-state index is -2.84. The van der Waals surface area contributed by atoms with Crippen LogP contribution in [0.15, 0.2) is 0 Å². The molecule has 0 heterocycles. The van der Waals surface area contributed by atoms with Gasteiger partial charge in [-0.25, -0.2) is 18.9 Å². The molecule has 0 saturated carbocycles. The highest BCUT2D eigenvalue weighted by Crippen LogP contribution is 2.16. The van der Waals surface area contributed by atoms with Gasteiger partial charge in [0.15, 0.2) is 6.80 Å². The van der Waals surface area contributed by atoms with Crippen molar-refractivity contribution < 1.29 is 40.5 Å². The molecule has 0 aliphatic carbocycles. The Hall–Kier alpha value is -1.14. The van der Waals surface area contributed by atoms with Crippen molar-refractivity contribution in [2.75, 3.05) is 62.5 Å². The van der Waals surface area contributed by atoms with E-state index in [2.05, 4.69) is 5.32 Å². The molecule has 0 unspecified atom stereocenters. The summed E-state index contributed by atoms with van der Waals surface area (Å²) in [4.78, 5) is 25.4. The third-order valence-electron chi connectivity index (χ3n) is 4.38. The topological polar surface area (TPSA) is 117 Å². The van der Waals surface area contributed by atoms with E-state index in [0.717, 1.165) is 4.90 Å². The molecule has 11 nitrogen and oxygen atoms in total. The summed E-state index contributed by atoms with van der Waals surface area (Å²) < 4.78 is 44.4. The van der Waals surface area contributed by atoms with Gasteiger partial charge >= 0.3 is 29.7 Å². The molecule has 0 aromatic carbocycles. The number of hydrogen-bond acceptors (Lipinski definition) is 8. The van der Waals surface area contributed by atoms with Crippen molar-refractivity contribution >= 4 is 29.7 Å². The molecule has 0 aliphatic heterocycles. The predicted molar refractivity (Wildman–Crippen MR) is 107 cm³/mol. The lowest BCUT2D eigenvalue weighted by molar-refractivity contribution is 0.121. The number of carbonyl (C=O) groups excluding carboxylic acids is 2. The second kappa shape index (κ2) is 14.8. The monoisotopic (exact) mass is 459 g/mol. The molecule has 0 bridgehead atoms. The van der Waals surface area contributed by atoms with Gasteiger partial charge in [-0.1, -0.05) is 0 Å². The van der Waals surface area contributed by atoms with Gasteiger partial charge in [0.1, 0.15) is 0 Å². The minimum Gasteiger partial charge on any atom is -0.377 e. The number of rotatable bonds is 15. The first-order chi connectivity index (χ1) is 13.8. The summed E-state index contributed by atoms with van der Waals surface area (Å²) >= 11 is 0. The van der Waals surface area contributed by atoms with Crippen LogP contribution in [0.4, 0.5) is 14.0 Å². The van der Waals surface area contributed by atoms with E-state index in [1.165, 1.54) is 42.7 Å². The van der Waals surface area contributed by atoms with Gasteiger partial charge < -0.3 is 37.2 Å². The first-order valence-corrected chi connectivity index (χ1v) is 12.9. The smallest absolute Gasteiger partial charge is 0.377 e. The average Bonchev–Trinajstić information content (AvgIpc) is 2.75. The fourth-order valence-electron chi connectivity index (χ4n) is 2.61. The van der Waals surface area contributed by atoms with Gasteiger partial charge in [-0.05, 0) is 12.8 Å². The summed E-state index contributed by atoms with van der Waals surface area (Å²) in [6.45, 7) is -0.787. The lowest BCUT2D eigenvalue weighted by Gasteiger charge is -2.26. The number of amides is 4. The first-order valence-electron chi connectivity index (χ1n) is 9.03. The highest BCUT2D eigenvalue weighted by atomic mass is 28.4. The molecule has 0 saturated heterocycles. The quantitative estimate of drug-likeness (QED) is 0.213. The number of halogens is 1. The van der Waals surface area contributed by atoms with Crippen LogP contribution in [0.25, 0.3) is 0 Å². The van der Waals surface area contributed by atoms with E-state index in [4.69, 9.17) is 26.6 Å². The number of hydrogen-bond donors (Lipinski definition) is 2. The molecular weight excluding hydrogens is 425 g/mol. The summed E-state index contributed by atoms with van der Waals surface area (Å²) in [5.74, 6) is 0. The summed E-state index contributed by atoms with van der Waals surface area (Å²) in [7, 11) is 3.36. The van der Waals surface area contributed by atoms with Crippen LogP contribution < -0.4 is 10.6 Å². The van der Waals surface area contributed by atoms with Gasteiger partial charge in [0.25, 0.3) is 0 Å². The van der Waals surface area contributed by atoms with Crippen molar-refractivity contribution in [1.82, 2.24) is 15.5 Å². The van der Waals surface area contributed by atoms with Gasteiger partial charge in [-0.3, -0.25) is 0 Å². The van der Waals surface area contributed by atoms with Gasteiger partial charge in [0, 0.05) is 67.8 Å². The lowest BCUT2D eigenvalue weighted by Crippen LogP contribution is -2.50. The van der Waals surface area contributed by atoms with Crippen molar-refractivity contribution in [3.8, 4) is 0 Å². The van der Waals surface area contributed by atoms with Gasteiger partial charge in [0.05, 0.1) is 0 Å². The van der Waals surface area contributed by atoms with Gasteiger partial charge in [0.2, 0.25) is 0 Å². The Balaban J connectivity index is 4.75. The standard InChI is InChI=1S/C15H34FN3O8Si2/c1-22-28(23-2,24-3)11-7-9-17-14(20)19(15(21)18-13-16)10-8-12-29(25-4,26-5)27-6/h7-13H2,1-6H3,(H,17,20)(H,18,21). The molecular formula is C15H34FN3O8Si2. The number of nitrogens with one attached hydrogen (secondary N) is 2. The van der Waals surface area contributed by atoms with Crippen LogP contribution in [0.5, 0.6) is 0 Å². The Morgan fingerprint density at radius 3 is 1.59 bits per heavy atom. The Labute approximate surface area is 173 Å². The van der Waals surface area contributed by atoms with Gasteiger partial charge in [-0.15, -0.1) is 0 Å². The predicted octanol–water partition coefficient (Wildman–Crippen LogP) is 1.17. The van der Waals surface area contributed by atoms with Crippen molar-refractivity contribution in [3.05, 3.63) is 0 Å². The highest BCUT2D eigenvalue weighted by molar-refractivity contribution is 6.60. The van der Waals surface area contributed by atoms with Gasteiger partial charge in [-0.2, -0.15) is 0 Å². The van der Waals surface area contributed by atoms with Crippen molar-refractivity contribution in [2.24, 2.45) is 0 Å². The highest BCUT2D eigenvalue weighted by Gasteiger charge is 2.38. The van der Waals surface area contributed by atoms with Crippen molar-refractivity contribution in [1.29, 1.82) is 0 Å². The fraction of sp³-hybridized carbons (Fsp3) is 0.867. The van der Waals surface area contributed by atoms with Crippen molar-refractivity contribution in [3.63, 3.8) is 0 Å². The summed E-state index contributed by atoms with van der Waals surface area (Å²) in [5.41, 5.74) is 0. The number of carbonyl (C=O) groups is 2. The van der Waals surface area contributed by atoms with Crippen LogP contribution in [0.3, 0.4) is 0 Å². The van der Waals surface area contributed by atoms with E-state index in [9.17, 15) is 14.0 Å². The second-order valence-electron chi connectivity index (χ2n) is 5.80. The summed E-state index contributed by atoms with van der Waals surface area (Å²) in [6.07, 6.45) is 0.876. The molecule has 0 aromatic heterocycles. The average molecular weight is 460 g/mol. The SMILES string of the molecule is CO[Si](CCCNC(=O)N(CCC[Si](OC)(OC)OC)C(=O)NCF)(OC)OC. The third-order valence-corrected chi connectivity index (χ3v) is 10.0. The number of nitrogens with zero attached hydrogens (tertiary/aromatic N) is 1. The molecule has 14 heteroatoms. The van der Waals surface area contributed by atoms with Crippen molar-refractivity contribution in [2.45, 2.75) is 24.9 Å². The van der Waals surface area contributed by atoms with E-state index >= 15 is 0 Å². The maximum absolute atomic E-state index is 12.5. The molecule has 0 radical (unpaired) electrons. The van der Waals surface area contributed by atoms with E-state index in [1.54, 1.807) is 0 Å². The Morgan fingerprint density at radius 2 is 1.17 bits per heavy atom. The van der Waals surface area contributed by atoms with Crippen LogP contribution in [0.1, 0.15) is 12.8 Å². The number of imide groups is 1. The summed E-state index contributed by atoms with van der Waals surface area (Å²) in [5, 5.41) is 4.62. The largest absolute Gasteiger partial charge is 0.500 e.